The molecule has 2 heterocycles. The number of fused-ring (bicyclic) bond motifs is 1. The number of anilines is 1. The molecular formula is C32H29Cl2F2N3O4. The standard InChI is InChI=1S/C32H29Cl2F2N3O4/c1-31(2,3)14-25-32(15-37,21-11-8-17(33)12-23(21)35)26(20-6-5-7-22(34)27(20)36)28-29(40)38(16-39(25)28)18-9-10-19(30(41)42)24(13-18)43-4/h5-13,25-26,28H,14,16H2,1-4H3,(H,41,42)/t25-,26-,28+,32-/m0/s1. The number of carboxylic acid groups (broad SMARTS) is 1. The van der Waals surface area contributed by atoms with Gasteiger partial charge < -0.3 is 9.84 Å². The summed E-state index contributed by atoms with van der Waals surface area (Å²) in [6, 6.07) is 13.2. The highest BCUT2D eigenvalue weighted by molar-refractivity contribution is 6.31. The third kappa shape index (κ3) is 5.01. The fourth-order valence-electron chi connectivity index (χ4n) is 6.61. The van der Waals surface area contributed by atoms with Gasteiger partial charge in [0.1, 0.15) is 34.4 Å². The molecule has 1 N–H and O–H groups in total. The van der Waals surface area contributed by atoms with Gasteiger partial charge in [-0.25, -0.2) is 13.6 Å². The van der Waals surface area contributed by atoms with Gasteiger partial charge in [0.25, 0.3) is 0 Å². The first-order valence-electron chi connectivity index (χ1n) is 13.5. The Bertz CT molecular complexity index is 1670. The van der Waals surface area contributed by atoms with Gasteiger partial charge in [-0.05, 0) is 47.7 Å². The van der Waals surface area contributed by atoms with Gasteiger partial charge >= 0.3 is 5.97 Å². The molecule has 2 aliphatic heterocycles. The number of rotatable bonds is 6. The van der Waals surface area contributed by atoms with Gasteiger partial charge in [-0.1, -0.05) is 62.2 Å². The number of carbonyl (C=O) groups is 2. The molecule has 3 aromatic rings. The Labute approximate surface area is 258 Å². The first-order valence-corrected chi connectivity index (χ1v) is 14.3. The Morgan fingerprint density at radius 2 is 1.88 bits per heavy atom. The molecule has 3 aromatic carbocycles. The van der Waals surface area contributed by atoms with Gasteiger partial charge in [0.15, 0.2) is 0 Å². The van der Waals surface area contributed by atoms with Gasteiger partial charge in [-0.15, -0.1) is 0 Å². The van der Waals surface area contributed by atoms with Crippen molar-refractivity contribution in [1.82, 2.24) is 4.90 Å². The molecule has 0 saturated carbocycles. The highest BCUT2D eigenvalue weighted by Gasteiger charge is 2.67. The van der Waals surface area contributed by atoms with Crippen molar-refractivity contribution >= 4 is 40.8 Å². The van der Waals surface area contributed by atoms with Crippen LogP contribution in [-0.2, 0) is 10.2 Å². The normalized spacial score (nSPS) is 23.7. The number of ether oxygens (including phenoxy) is 1. The molecule has 43 heavy (non-hydrogen) atoms. The minimum atomic E-state index is -1.72. The number of hydrogen-bond acceptors (Lipinski definition) is 5. The average Bonchev–Trinajstić information content (AvgIpc) is 3.40. The molecule has 5 rings (SSSR count). The molecule has 11 heteroatoms. The topological polar surface area (TPSA) is 93.9 Å². The Balaban J connectivity index is 1.77. The van der Waals surface area contributed by atoms with Crippen molar-refractivity contribution in [2.75, 3.05) is 18.7 Å². The predicted molar refractivity (Wildman–Crippen MR) is 159 cm³/mol. The molecule has 0 aliphatic carbocycles. The van der Waals surface area contributed by atoms with Crippen molar-refractivity contribution in [3.63, 3.8) is 0 Å². The lowest BCUT2D eigenvalue weighted by Crippen LogP contribution is -2.48. The maximum Gasteiger partial charge on any atom is 0.339 e. The van der Waals surface area contributed by atoms with E-state index in [1.165, 1.54) is 60.5 Å². The van der Waals surface area contributed by atoms with E-state index in [9.17, 15) is 20.0 Å². The second kappa shape index (κ2) is 11.1. The molecule has 2 aliphatic rings. The summed E-state index contributed by atoms with van der Waals surface area (Å²) in [6.45, 7) is 5.90. The zero-order chi connectivity index (χ0) is 31.4. The first-order chi connectivity index (χ1) is 20.2. The van der Waals surface area contributed by atoms with Crippen molar-refractivity contribution in [3.05, 3.63) is 93.0 Å². The smallest absolute Gasteiger partial charge is 0.339 e. The Hall–Kier alpha value is -3.71. The van der Waals surface area contributed by atoms with Crippen LogP contribution in [-0.4, -0.2) is 47.7 Å². The van der Waals surface area contributed by atoms with Crippen LogP contribution in [0.5, 0.6) is 5.75 Å². The van der Waals surface area contributed by atoms with Crippen molar-refractivity contribution in [2.45, 2.75) is 50.6 Å². The van der Waals surface area contributed by atoms with Gasteiger partial charge in [0, 0.05) is 34.3 Å². The summed E-state index contributed by atoms with van der Waals surface area (Å²) < 4.78 is 37.1. The highest BCUT2D eigenvalue weighted by atomic mass is 35.5. The molecule has 0 radical (unpaired) electrons. The van der Waals surface area contributed by atoms with Crippen LogP contribution in [0.1, 0.15) is 54.6 Å². The number of amides is 1. The number of methoxy groups -OCH3 is 1. The molecule has 7 nitrogen and oxygen atoms in total. The second-order valence-electron chi connectivity index (χ2n) is 12.1. The SMILES string of the molecule is COc1cc(N2CN3[C@@H](CC(C)(C)C)[C@](C#N)(c4ccc(Cl)cc4F)[C@@H](c4cccc(Cl)c4F)[C@@H]3C2=O)ccc1C(=O)O. The van der Waals surface area contributed by atoms with E-state index in [2.05, 4.69) is 6.07 Å². The number of hydrogen-bond donors (Lipinski definition) is 1. The van der Waals surface area contributed by atoms with E-state index in [0.29, 0.717) is 12.1 Å². The molecule has 0 unspecified atom stereocenters. The molecule has 0 aromatic heterocycles. The molecule has 2 fully saturated rings. The molecule has 0 bridgehead atoms. The minimum absolute atomic E-state index is 0.0132. The van der Waals surface area contributed by atoms with E-state index in [0.717, 1.165) is 6.07 Å². The van der Waals surface area contributed by atoms with Crippen LogP contribution in [0.2, 0.25) is 10.0 Å². The zero-order valence-electron chi connectivity index (χ0n) is 23.9. The lowest BCUT2D eigenvalue weighted by Gasteiger charge is -2.40. The van der Waals surface area contributed by atoms with Crippen LogP contribution < -0.4 is 9.64 Å². The third-order valence-electron chi connectivity index (χ3n) is 8.32. The maximum atomic E-state index is 15.9. The van der Waals surface area contributed by atoms with E-state index in [4.69, 9.17) is 27.9 Å². The lowest BCUT2D eigenvalue weighted by atomic mass is 9.62. The first kappa shape index (κ1) is 30.7. The Morgan fingerprint density at radius 3 is 2.49 bits per heavy atom. The second-order valence-corrected chi connectivity index (χ2v) is 12.9. The number of aromatic carboxylic acids is 1. The summed E-state index contributed by atoms with van der Waals surface area (Å²) in [4.78, 5) is 29.4. The largest absolute Gasteiger partial charge is 0.496 e. The summed E-state index contributed by atoms with van der Waals surface area (Å²) in [7, 11) is 1.33. The number of halogens is 4. The zero-order valence-corrected chi connectivity index (χ0v) is 25.4. The van der Waals surface area contributed by atoms with Crippen molar-refractivity contribution in [3.8, 4) is 11.8 Å². The van der Waals surface area contributed by atoms with Gasteiger partial charge in [-0.3, -0.25) is 14.6 Å². The van der Waals surface area contributed by atoms with Crippen LogP contribution >= 0.6 is 23.2 Å². The van der Waals surface area contributed by atoms with Gasteiger partial charge in [0.2, 0.25) is 5.91 Å². The molecule has 224 valence electrons. The number of carbonyl (C=O) groups excluding carboxylic acids is 1. The Morgan fingerprint density at radius 1 is 1.16 bits per heavy atom. The van der Waals surface area contributed by atoms with Crippen LogP contribution in [0.3, 0.4) is 0 Å². The fourth-order valence-corrected chi connectivity index (χ4v) is 6.95. The van der Waals surface area contributed by atoms with Crippen LogP contribution in [0.4, 0.5) is 14.5 Å². The lowest BCUT2D eigenvalue weighted by molar-refractivity contribution is -0.119. The van der Waals surface area contributed by atoms with Gasteiger partial charge in [-0.2, -0.15) is 5.26 Å². The predicted octanol–water partition coefficient (Wildman–Crippen LogP) is 7.02. The number of benzene rings is 3. The summed E-state index contributed by atoms with van der Waals surface area (Å²) >= 11 is 12.3. The summed E-state index contributed by atoms with van der Waals surface area (Å²) in [5.41, 5.74) is -1.80. The molecule has 4 atom stereocenters. The fraction of sp³-hybridized carbons (Fsp3) is 0.344. The number of nitrogens with zero attached hydrogens (tertiary/aromatic N) is 3. The van der Waals surface area contributed by atoms with E-state index in [1.807, 2.05) is 25.7 Å². The molecule has 0 spiro atoms. The van der Waals surface area contributed by atoms with Crippen molar-refractivity contribution < 1.29 is 28.2 Å². The number of nitriles is 1. The van der Waals surface area contributed by atoms with Crippen LogP contribution in [0, 0.1) is 28.4 Å². The summed E-state index contributed by atoms with van der Waals surface area (Å²) in [5, 5.41) is 20.5. The van der Waals surface area contributed by atoms with E-state index in [-0.39, 0.29) is 39.2 Å². The molecule has 1 amide bonds. The van der Waals surface area contributed by atoms with Crippen LogP contribution in [0.15, 0.2) is 54.6 Å². The highest BCUT2D eigenvalue weighted by Crippen LogP contribution is 2.58. The molecular weight excluding hydrogens is 599 g/mol. The quantitative estimate of drug-likeness (QED) is 0.316. The summed E-state index contributed by atoms with van der Waals surface area (Å²) in [5.74, 6) is -4.29. The molecule has 2 saturated heterocycles. The summed E-state index contributed by atoms with van der Waals surface area (Å²) in [6.07, 6.45) is 0.347. The average molecular weight is 629 g/mol. The van der Waals surface area contributed by atoms with E-state index >= 15 is 8.78 Å². The third-order valence-corrected chi connectivity index (χ3v) is 8.85. The number of carboxylic acids is 1. The minimum Gasteiger partial charge on any atom is -0.496 e. The van der Waals surface area contributed by atoms with E-state index in [1.54, 1.807) is 0 Å². The monoisotopic (exact) mass is 627 g/mol. The van der Waals surface area contributed by atoms with Crippen molar-refractivity contribution in [1.29, 1.82) is 5.26 Å². The van der Waals surface area contributed by atoms with Crippen LogP contribution in [0.25, 0.3) is 0 Å². The maximum absolute atomic E-state index is 15.9. The van der Waals surface area contributed by atoms with Gasteiger partial charge in [0.05, 0.1) is 24.9 Å². The van der Waals surface area contributed by atoms with E-state index < -0.39 is 52.3 Å². The Kier molecular flexibility index (Phi) is 7.93. The van der Waals surface area contributed by atoms with Crippen molar-refractivity contribution in [2.24, 2.45) is 5.41 Å².